The SMILES string of the molecule is CCOC(=O)CCCNC(=O)COC(=O)C1CC1[N+](=O)[O-]. The van der Waals surface area contributed by atoms with E-state index in [2.05, 4.69) is 10.1 Å². The van der Waals surface area contributed by atoms with Gasteiger partial charge >= 0.3 is 11.9 Å². The summed E-state index contributed by atoms with van der Waals surface area (Å²) in [5, 5.41) is 12.8. The van der Waals surface area contributed by atoms with Crippen molar-refractivity contribution in [2.24, 2.45) is 5.92 Å². The van der Waals surface area contributed by atoms with Crippen molar-refractivity contribution in [1.29, 1.82) is 0 Å². The Bertz CT molecular complexity index is 424. The maximum atomic E-state index is 11.3. The van der Waals surface area contributed by atoms with Crippen LogP contribution in [0.3, 0.4) is 0 Å². The normalized spacial score (nSPS) is 19.5. The van der Waals surface area contributed by atoms with Crippen LogP contribution in [0.25, 0.3) is 0 Å². The lowest BCUT2D eigenvalue weighted by atomic mass is 10.3. The predicted octanol–water partition coefficient (Wildman–Crippen LogP) is -0.346. The number of hydrogen-bond acceptors (Lipinski definition) is 7. The number of amides is 1. The number of rotatable bonds is 9. The van der Waals surface area contributed by atoms with Crippen LogP contribution in [0.1, 0.15) is 26.2 Å². The number of esters is 2. The van der Waals surface area contributed by atoms with Crippen LogP contribution in [0.15, 0.2) is 0 Å². The van der Waals surface area contributed by atoms with E-state index in [-0.39, 0.29) is 25.4 Å². The highest BCUT2D eigenvalue weighted by Crippen LogP contribution is 2.33. The summed E-state index contributed by atoms with van der Waals surface area (Å²) in [6.45, 7) is 1.81. The molecule has 0 aromatic heterocycles. The number of carbonyl (C=O) groups excluding carboxylic acids is 3. The van der Waals surface area contributed by atoms with E-state index < -0.39 is 35.4 Å². The van der Waals surface area contributed by atoms with Gasteiger partial charge in [0.15, 0.2) is 6.61 Å². The first kappa shape index (κ1) is 16.9. The fraction of sp³-hybridized carbons (Fsp3) is 0.750. The fourth-order valence-corrected chi connectivity index (χ4v) is 1.66. The third kappa shape index (κ3) is 6.19. The highest BCUT2D eigenvalue weighted by atomic mass is 16.6. The van der Waals surface area contributed by atoms with Crippen molar-refractivity contribution in [3.05, 3.63) is 10.1 Å². The Balaban J connectivity index is 2.05. The minimum absolute atomic E-state index is 0.160. The molecule has 2 unspecified atom stereocenters. The number of carbonyl (C=O) groups is 3. The average molecular weight is 302 g/mol. The Kier molecular flexibility index (Phi) is 6.57. The molecule has 0 bridgehead atoms. The molecule has 0 aliphatic heterocycles. The first-order valence-corrected chi connectivity index (χ1v) is 6.68. The summed E-state index contributed by atoms with van der Waals surface area (Å²) in [6.07, 6.45) is 0.776. The van der Waals surface area contributed by atoms with E-state index in [1.165, 1.54) is 0 Å². The minimum Gasteiger partial charge on any atom is -0.466 e. The molecule has 21 heavy (non-hydrogen) atoms. The molecule has 1 rings (SSSR count). The second-order valence-corrected chi connectivity index (χ2v) is 4.56. The summed E-state index contributed by atoms with van der Waals surface area (Å²) in [7, 11) is 0. The van der Waals surface area contributed by atoms with E-state index in [0.717, 1.165) is 0 Å². The van der Waals surface area contributed by atoms with Crippen LogP contribution < -0.4 is 5.32 Å². The third-order valence-corrected chi connectivity index (χ3v) is 2.86. The second-order valence-electron chi connectivity index (χ2n) is 4.56. The van der Waals surface area contributed by atoms with Gasteiger partial charge in [-0.05, 0) is 13.3 Å². The van der Waals surface area contributed by atoms with Crippen LogP contribution in [0, 0.1) is 16.0 Å². The molecule has 0 radical (unpaired) electrons. The summed E-state index contributed by atoms with van der Waals surface area (Å²) < 4.78 is 9.39. The van der Waals surface area contributed by atoms with Crippen LogP contribution in [0.4, 0.5) is 0 Å². The maximum absolute atomic E-state index is 11.3. The number of ether oxygens (including phenoxy) is 2. The van der Waals surface area contributed by atoms with Gasteiger partial charge in [-0.2, -0.15) is 0 Å². The van der Waals surface area contributed by atoms with Crippen LogP contribution >= 0.6 is 0 Å². The van der Waals surface area contributed by atoms with Crippen molar-refractivity contribution >= 4 is 17.8 Å². The molecule has 0 aromatic carbocycles. The molecule has 9 nitrogen and oxygen atoms in total. The van der Waals surface area contributed by atoms with Crippen molar-refractivity contribution in [2.75, 3.05) is 19.8 Å². The zero-order valence-electron chi connectivity index (χ0n) is 11.7. The van der Waals surface area contributed by atoms with Gasteiger partial charge in [-0.1, -0.05) is 0 Å². The van der Waals surface area contributed by atoms with E-state index in [1.54, 1.807) is 6.92 Å². The molecular formula is C12H18N2O7. The molecule has 1 saturated carbocycles. The second kappa shape index (κ2) is 8.18. The highest BCUT2D eigenvalue weighted by Gasteiger charge is 2.54. The molecule has 9 heteroatoms. The van der Waals surface area contributed by atoms with Gasteiger partial charge in [0.2, 0.25) is 6.04 Å². The summed E-state index contributed by atoms with van der Waals surface area (Å²) in [6, 6.07) is -0.884. The average Bonchev–Trinajstić information content (AvgIpc) is 3.22. The Hall–Kier alpha value is -2.19. The molecule has 1 aliphatic rings. The van der Waals surface area contributed by atoms with Crippen molar-refractivity contribution in [3.63, 3.8) is 0 Å². The molecule has 1 fully saturated rings. The molecule has 1 aliphatic carbocycles. The van der Waals surface area contributed by atoms with Gasteiger partial charge < -0.3 is 14.8 Å². The summed E-state index contributed by atoms with van der Waals surface area (Å²) in [5.74, 6) is -2.31. The van der Waals surface area contributed by atoms with Gasteiger partial charge in [-0.25, -0.2) is 0 Å². The van der Waals surface area contributed by atoms with Crippen molar-refractivity contribution in [1.82, 2.24) is 5.32 Å². The minimum atomic E-state index is -0.884. The predicted molar refractivity (Wildman–Crippen MR) is 68.7 cm³/mol. The van der Waals surface area contributed by atoms with Crippen LogP contribution in [-0.4, -0.2) is 48.6 Å². The number of nitro groups is 1. The Morgan fingerprint density at radius 3 is 2.62 bits per heavy atom. The van der Waals surface area contributed by atoms with Crippen molar-refractivity contribution in [3.8, 4) is 0 Å². The van der Waals surface area contributed by atoms with Gasteiger partial charge in [0.1, 0.15) is 5.92 Å². The third-order valence-electron chi connectivity index (χ3n) is 2.86. The lowest BCUT2D eigenvalue weighted by molar-refractivity contribution is -0.497. The van der Waals surface area contributed by atoms with Gasteiger partial charge in [0.05, 0.1) is 6.61 Å². The fourth-order valence-electron chi connectivity index (χ4n) is 1.66. The smallest absolute Gasteiger partial charge is 0.316 e. The lowest BCUT2D eigenvalue weighted by Gasteiger charge is -2.06. The maximum Gasteiger partial charge on any atom is 0.316 e. The first-order chi connectivity index (χ1) is 9.95. The molecule has 0 aromatic rings. The Morgan fingerprint density at radius 2 is 2.05 bits per heavy atom. The summed E-state index contributed by atoms with van der Waals surface area (Å²) in [4.78, 5) is 43.5. The molecule has 2 atom stereocenters. The number of nitrogens with one attached hydrogen (secondary N) is 1. The van der Waals surface area contributed by atoms with Gasteiger partial charge in [0, 0.05) is 24.3 Å². The standard InChI is InChI=1S/C12H18N2O7/c1-2-20-11(16)4-3-5-13-10(15)7-21-12(17)8-6-9(8)14(18)19/h8-9H,2-7H2,1H3,(H,13,15). The molecule has 0 saturated heterocycles. The first-order valence-electron chi connectivity index (χ1n) is 6.68. The van der Waals surface area contributed by atoms with Gasteiger partial charge in [-0.3, -0.25) is 24.5 Å². The van der Waals surface area contributed by atoms with Gasteiger partial charge in [0.25, 0.3) is 5.91 Å². The van der Waals surface area contributed by atoms with Crippen LogP contribution in [0.2, 0.25) is 0 Å². The topological polar surface area (TPSA) is 125 Å². The molecule has 0 spiro atoms. The zero-order chi connectivity index (χ0) is 15.8. The summed E-state index contributed by atoms with van der Waals surface area (Å²) in [5.41, 5.74) is 0. The monoisotopic (exact) mass is 302 g/mol. The van der Waals surface area contributed by atoms with E-state index >= 15 is 0 Å². The number of hydrogen-bond donors (Lipinski definition) is 1. The molecule has 1 amide bonds. The van der Waals surface area contributed by atoms with Crippen LogP contribution in [0.5, 0.6) is 0 Å². The van der Waals surface area contributed by atoms with Crippen molar-refractivity contribution in [2.45, 2.75) is 32.2 Å². The zero-order valence-corrected chi connectivity index (χ0v) is 11.7. The van der Waals surface area contributed by atoms with Crippen LogP contribution in [-0.2, 0) is 23.9 Å². The lowest BCUT2D eigenvalue weighted by Crippen LogP contribution is -2.30. The van der Waals surface area contributed by atoms with Gasteiger partial charge in [-0.15, -0.1) is 0 Å². The largest absolute Gasteiger partial charge is 0.466 e. The number of nitrogens with zero attached hydrogens (tertiary/aromatic N) is 1. The Morgan fingerprint density at radius 1 is 1.33 bits per heavy atom. The highest BCUT2D eigenvalue weighted by molar-refractivity contribution is 5.82. The molecular weight excluding hydrogens is 284 g/mol. The Labute approximate surface area is 121 Å². The van der Waals surface area contributed by atoms with E-state index in [1.807, 2.05) is 0 Å². The van der Waals surface area contributed by atoms with E-state index in [4.69, 9.17) is 4.74 Å². The molecule has 0 heterocycles. The molecule has 1 N–H and O–H groups in total. The quantitative estimate of drug-likeness (QED) is 0.267. The van der Waals surface area contributed by atoms with Crippen molar-refractivity contribution < 1.29 is 28.8 Å². The van der Waals surface area contributed by atoms with E-state index in [9.17, 15) is 24.5 Å². The summed E-state index contributed by atoms with van der Waals surface area (Å²) >= 11 is 0. The van der Waals surface area contributed by atoms with E-state index in [0.29, 0.717) is 13.0 Å². The molecule has 118 valence electrons.